The topological polar surface area (TPSA) is 41.7 Å². The van der Waals surface area contributed by atoms with Crippen LogP contribution in [0, 0.1) is 0 Å². The van der Waals surface area contributed by atoms with Crippen molar-refractivity contribution in [2.45, 2.75) is 18.7 Å². The van der Waals surface area contributed by atoms with Gasteiger partial charge in [-0.2, -0.15) is 13.2 Å². The Morgan fingerprint density at radius 3 is 2.08 bits per heavy atom. The molecule has 1 rings (SSSR count). The fraction of sp³-hybridized carbons (Fsp3) is 0.857. The molecule has 0 aliphatic carbocycles. The number of likely N-dealkylation sites (tertiary alicyclic amines) is 1. The van der Waals surface area contributed by atoms with E-state index in [1.807, 2.05) is 0 Å². The van der Waals surface area contributed by atoms with Crippen LogP contribution in [0.3, 0.4) is 0 Å². The van der Waals surface area contributed by atoms with Gasteiger partial charge in [0.05, 0.1) is 13.6 Å². The third-order valence-electron chi connectivity index (χ3n) is 1.62. The van der Waals surface area contributed by atoms with Gasteiger partial charge < -0.3 is 10.0 Å². The molecule has 2 N–H and O–H groups in total. The van der Waals surface area contributed by atoms with Crippen LogP contribution in [0.25, 0.3) is 0 Å². The predicted octanol–water partition coefficient (Wildman–Crippen LogP) is -0.987. The molecule has 1 heterocycles. The minimum Gasteiger partial charge on any atom is -0.387 e. The molecule has 0 aromatic carbocycles. The summed E-state index contributed by atoms with van der Waals surface area (Å²) in [7, 11) is 2.11. The number of carbonyl (C=O) groups excluding carboxylic acids is 1. The van der Waals surface area contributed by atoms with E-state index in [4.69, 9.17) is 9.90 Å². The molecular formula is C7H13F3NO2+. The predicted molar refractivity (Wildman–Crippen MR) is 39.4 cm³/mol. The molecule has 78 valence electrons. The second-order valence-corrected chi connectivity index (χ2v) is 3.01. The Balaban J connectivity index is 0.000000226. The number of hydrogen-bond acceptors (Lipinski definition) is 2. The van der Waals surface area contributed by atoms with Crippen molar-refractivity contribution in [2.75, 3.05) is 20.1 Å². The molecule has 1 saturated heterocycles. The number of aliphatic hydroxyl groups excluding tert-OH is 1. The Labute approximate surface area is 74.1 Å². The number of hydrogen-bond donors (Lipinski definition) is 2. The molecule has 0 spiro atoms. The maximum atomic E-state index is 10.4. The summed E-state index contributed by atoms with van der Waals surface area (Å²) < 4.78 is 31.2. The third-order valence-corrected chi connectivity index (χ3v) is 1.62. The number of rotatable bonds is 0. The zero-order valence-corrected chi connectivity index (χ0v) is 7.27. The quantitative estimate of drug-likeness (QED) is 0.493. The first-order valence-corrected chi connectivity index (χ1v) is 3.87. The Morgan fingerprint density at radius 1 is 1.54 bits per heavy atom. The maximum Gasteiger partial charge on any atom is 0.446 e. The first-order valence-electron chi connectivity index (χ1n) is 3.87. The molecule has 0 amide bonds. The molecule has 6 heteroatoms. The molecule has 1 unspecified atom stereocenters. The normalized spacial score (nSPS) is 27.8. The fourth-order valence-corrected chi connectivity index (χ4v) is 1.02. The van der Waals surface area contributed by atoms with Gasteiger partial charge in [0.2, 0.25) is 6.29 Å². The number of quaternary nitrogens is 1. The van der Waals surface area contributed by atoms with Crippen molar-refractivity contribution in [3.8, 4) is 0 Å². The minimum atomic E-state index is -4.64. The lowest BCUT2D eigenvalue weighted by Gasteiger charge is -2.00. The first kappa shape index (κ1) is 12.4. The fourth-order valence-electron chi connectivity index (χ4n) is 1.02. The SMILES string of the molecule is C[NH+]1CC[C@H](O)C1.O=CC(F)(F)F. The van der Waals surface area contributed by atoms with Crippen molar-refractivity contribution in [1.29, 1.82) is 0 Å². The highest BCUT2D eigenvalue weighted by molar-refractivity contribution is 5.56. The molecule has 0 radical (unpaired) electrons. The first-order chi connectivity index (χ1) is 5.85. The van der Waals surface area contributed by atoms with E-state index in [-0.39, 0.29) is 6.10 Å². The van der Waals surface area contributed by atoms with Gasteiger partial charge in [-0.15, -0.1) is 0 Å². The number of halogens is 3. The molecule has 0 bridgehead atoms. The molecule has 1 aliphatic heterocycles. The highest BCUT2D eigenvalue weighted by atomic mass is 19.4. The largest absolute Gasteiger partial charge is 0.446 e. The molecule has 0 aromatic rings. The van der Waals surface area contributed by atoms with E-state index >= 15 is 0 Å². The van der Waals surface area contributed by atoms with Crippen LogP contribution in [-0.2, 0) is 4.79 Å². The van der Waals surface area contributed by atoms with Crippen LogP contribution >= 0.6 is 0 Å². The number of nitrogens with one attached hydrogen (secondary N) is 1. The van der Waals surface area contributed by atoms with Gasteiger partial charge in [0.25, 0.3) is 0 Å². The van der Waals surface area contributed by atoms with Crippen molar-refractivity contribution in [1.82, 2.24) is 0 Å². The molecule has 0 saturated carbocycles. The van der Waals surface area contributed by atoms with Crippen molar-refractivity contribution in [3.63, 3.8) is 0 Å². The van der Waals surface area contributed by atoms with Gasteiger partial charge in [-0.1, -0.05) is 0 Å². The van der Waals surface area contributed by atoms with Gasteiger partial charge in [0.15, 0.2) is 0 Å². The number of carbonyl (C=O) groups is 1. The highest BCUT2D eigenvalue weighted by Gasteiger charge is 2.24. The van der Waals surface area contributed by atoms with Crippen LogP contribution < -0.4 is 4.90 Å². The van der Waals surface area contributed by atoms with E-state index in [2.05, 4.69) is 7.05 Å². The van der Waals surface area contributed by atoms with Gasteiger partial charge in [-0.05, 0) is 0 Å². The number of aliphatic hydroxyl groups is 1. The van der Waals surface area contributed by atoms with Crippen LogP contribution in [0.5, 0.6) is 0 Å². The number of alkyl halides is 3. The Bertz CT molecular complexity index is 152. The van der Waals surface area contributed by atoms with Crippen LogP contribution in [-0.4, -0.2) is 43.8 Å². The van der Waals surface area contributed by atoms with E-state index in [1.54, 1.807) is 0 Å². The van der Waals surface area contributed by atoms with Crippen LogP contribution in [0.4, 0.5) is 13.2 Å². The van der Waals surface area contributed by atoms with E-state index in [0.29, 0.717) is 0 Å². The maximum absolute atomic E-state index is 10.4. The molecule has 13 heavy (non-hydrogen) atoms. The molecule has 1 aliphatic rings. The summed E-state index contributed by atoms with van der Waals surface area (Å²) in [5, 5.41) is 8.88. The lowest BCUT2D eigenvalue weighted by molar-refractivity contribution is -0.867. The molecular weight excluding hydrogens is 187 g/mol. The van der Waals surface area contributed by atoms with E-state index in [1.165, 1.54) is 4.90 Å². The summed E-state index contributed by atoms with van der Waals surface area (Å²) in [5.41, 5.74) is 0. The van der Waals surface area contributed by atoms with Gasteiger partial charge in [0.1, 0.15) is 12.6 Å². The van der Waals surface area contributed by atoms with Gasteiger partial charge in [-0.25, -0.2) is 0 Å². The lowest BCUT2D eigenvalue weighted by atomic mass is 10.3. The summed E-state index contributed by atoms with van der Waals surface area (Å²) in [4.78, 5) is 10.2. The highest BCUT2D eigenvalue weighted by Crippen LogP contribution is 2.08. The summed E-state index contributed by atoms with van der Waals surface area (Å²) >= 11 is 0. The molecule has 0 aromatic heterocycles. The van der Waals surface area contributed by atoms with E-state index in [0.717, 1.165) is 19.5 Å². The number of likely N-dealkylation sites (N-methyl/N-ethyl adjacent to an activating group) is 1. The Hall–Kier alpha value is -0.620. The Kier molecular flexibility index (Phi) is 4.94. The summed E-state index contributed by atoms with van der Waals surface area (Å²) in [6.07, 6.45) is -4.72. The van der Waals surface area contributed by atoms with E-state index in [9.17, 15) is 13.2 Å². The summed E-state index contributed by atoms with van der Waals surface area (Å²) in [6, 6.07) is 0. The summed E-state index contributed by atoms with van der Waals surface area (Å²) in [5.74, 6) is 0. The van der Waals surface area contributed by atoms with Gasteiger partial charge in [0, 0.05) is 6.42 Å². The Morgan fingerprint density at radius 2 is 2.00 bits per heavy atom. The minimum absolute atomic E-state index is 0.0139. The molecule has 3 nitrogen and oxygen atoms in total. The van der Waals surface area contributed by atoms with Crippen molar-refractivity contribution >= 4 is 6.29 Å². The van der Waals surface area contributed by atoms with Crippen LogP contribution in [0.1, 0.15) is 6.42 Å². The summed E-state index contributed by atoms with van der Waals surface area (Å²) in [6.45, 7) is 2.08. The average Bonchev–Trinajstić information content (AvgIpc) is 2.34. The monoisotopic (exact) mass is 200 g/mol. The smallest absolute Gasteiger partial charge is 0.387 e. The van der Waals surface area contributed by atoms with Crippen LogP contribution in [0.2, 0.25) is 0 Å². The molecule has 1 fully saturated rings. The van der Waals surface area contributed by atoms with Crippen molar-refractivity contribution < 1.29 is 28.0 Å². The molecule has 2 atom stereocenters. The van der Waals surface area contributed by atoms with Gasteiger partial charge >= 0.3 is 6.18 Å². The third kappa shape index (κ3) is 7.73. The lowest BCUT2D eigenvalue weighted by Crippen LogP contribution is -3.07. The van der Waals surface area contributed by atoms with E-state index < -0.39 is 12.5 Å². The zero-order chi connectivity index (χ0) is 10.5. The number of aldehydes is 1. The van der Waals surface area contributed by atoms with Gasteiger partial charge in [-0.3, -0.25) is 4.79 Å². The second kappa shape index (κ2) is 5.18. The standard InChI is InChI=1S/C5H11NO.C2HF3O/c1-6-3-2-5(7)4-6;3-2(4,5)1-6/h5,7H,2-4H2,1H3;1H/p+1/t5-;/m0./s1. The van der Waals surface area contributed by atoms with Crippen molar-refractivity contribution in [2.24, 2.45) is 0 Å². The van der Waals surface area contributed by atoms with Crippen molar-refractivity contribution in [3.05, 3.63) is 0 Å². The van der Waals surface area contributed by atoms with Crippen LogP contribution in [0.15, 0.2) is 0 Å². The second-order valence-electron chi connectivity index (χ2n) is 3.01. The zero-order valence-electron chi connectivity index (χ0n) is 7.27. The average molecular weight is 200 g/mol.